The molecule has 22 heavy (non-hydrogen) atoms. The van der Waals surface area contributed by atoms with Crippen molar-refractivity contribution in [2.45, 2.75) is 32.1 Å². The van der Waals surface area contributed by atoms with Gasteiger partial charge >= 0.3 is 0 Å². The first-order chi connectivity index (χ1) is 10.5. The fourth-order valence-corrected chi connectivity index (χ4v) is 3.98. The number of hydrogen-bond donors (Lipinski definition) is 1. The molecule has 1 unspecified atom stereocenters. The number of piperidine rings is 1. The van der Waals surface area contributed by atoms with Gasteiger partial charge in [0.1, 0.15) is 5.78 Å². The lowest BCUT2D eigenvalue weighted by Gasteiger charge is -2.42. The first-order valence-electron chi connectivity index (χ1n) is 8.14. The highest BCUT2D eigenvalue weighted by molar-refractivity contribution is 6.30. The van der Waals surface area contributed by atoms with Gasteiger partial charge in [0.25, 0.3) is 0 Å². The van der Waals surface area contributed by atoms with Crippen molar-refractivity contribution < 1.29 is 9.53 Å². The highest BCUT2D eigenvalue weighted by Crippen LogP contribution is 2.41. The van der Waals surface area contributed by atoms with E-state index in [4.69, 9.17) is 16.3 Å². The Kier molecular flexibility index (Phi) is 4.58. The Balaban J connectivity index is 2.00. The predicted octanol–water partition coefficient (Wildman–Crippen LogP) is 3.12. The molecule has 1 atom stereocenters. The number of rotatable bonds is 4. The second kappa shape index (κ2) is 6.31. The number of carbonyl (C=O) groups is 1. The topological polar surface area (TPSA) is 38.3 Å². The minimum Gasteiger partial charge on any atom is -0.381 e. The third-order valence-corrected chi connectivity index (χ3v) is 5.66. The summed E-state index contributed by atoms with van der Waals surface area (Å²) in [6.45, 7) is 7.35. The molecule has 2 fully saturated rings. The maximum atomic E-state index is 13.4. The van der Waals surface area contributed by atoms with E-state index in [1.165, 1.54) is 0 Å². The first-order valence-corrected chi connectivity index (χ1v) is 8.52. The molecule has 3 nitrogen and oxygen atoms in total. The summed E-state index contributed by atoms with van der Waals surface area (Å²) in [7, 11) is 0. The molecule has 0 aliphatic carbocycles. The summed E-state index contributed by atoms with van der Waals surface area (Å²) in [6.07, 6.45) is 1.70. The number of benzene rings is 1. The molecule has 1 aromatic carbocycles. The molecule has 2 heterocycles. The monoisotopic (exact) mass is 321 g/mol. The van der Waals surface area contributed by atoms with Gasteiger partial charge in [-0.3, -0.25) is 4.79 Å². The molecule has 1 aromatic rings. The molecule has 1 N–H and O–H groups in total. The minimum atomic E-state index is -0.394. The van der Waals surface area contributed by atoms with Gasteiger partial charge in [0.15, 0.2) is 0 Å². The van der Waals surface area contributed by atoms with Crippen LogP contribution in [0.2, 0.25) is 5.02 Å². The van der Waals surface area contributed by atoms with Gasteiger partial charge in [-0.15, -0.1) is 0 Å². The van der Waals surface area contributed by atoms with Gasteiger partial charge in [0.05, 0.1) is 18.6 Å². The van der Waals surface area contributed by atoms with E-state index in [0.29, 0.717) is 16.7 Å². The van der Waals surface area contributed by atoms with Crippen LogP contribution >= 0.6 is 11.6 Å². The SMILES string of the molecule is Cc1ccc(Cl)cc1C1(C(=O)C(C)C2COC2)CCNCC1. The number of halogens is 1. The highest BCUT2D eigenvalue weighted by Gasteiger charge is 2.46. The number of Topliss-reactive ketones (excluding diaryl/α,β-unsaturated/α-hetero) is 1. The van der Waals surface area contributed by atoms with Crippen molar-refractivity contribution in [3.05, 3.63) is 34.3 Å². The number of aryl methyl sites for hydroxylation is 1. The number of nitrogens with one attached hydrogen (secondary N) is 1. The van der Waals surface area contributed by atoms with Gasteiger partial charge < -0.3 is 10.1 Å². The molecule has 0 aromatic heterocycles. The zero-order chi connectivity index (χ0) is 15.7. The molecular weight excluding hydrogens is 298 g/mol. The standard InChI is InChI=1S/C18H24ClNO2/c1-12-3-4-15(19)9-16(12)18(5-7-20-8-6-18)17(21)13(2)14-10-22-11-14/h3-4,9,13-14,20H,5-8,10-11H2,1-2H3. The van der Waals surface area contributed by atoms with Crippen LogP contribution in [0.1, 0.15) is 30.9 Å². The molecule has 0 spiro atoms. The van der Waals surface area contributed by atoms with Crippen molar-refractivity contribution in [3.63, 3.8) is 0 Å². The van der Waals surface area contributed by atoms with Crippen molar-refractivity contribution in [3.8, 4) is 0 Å². The lowest BCUT2D eigenvalue weighted by molar-refractivity contribution is -0.138. The Morgan fingerprint density at radius 2 is 2.05 bits per heavy atom. The van der Waals surface area contributed by atoms with E-state index in [-0.39, 0.29) is 5.92 Å². The van der Waals surface area contributed by atoms with Crippen LogP contribution in [0.15, 0.2) is 18.2 Å². The number of carbonyl (C=O) groups excluding carboxylic acids is 1. The Labute approximate surface area is 137 Å². The molecule has 120 valence electrons. The molecule has 0 radical (unpaired) electrons. The molecular formula is C18H24ClNO2. The second-order valence-corrected chi connectivity index (χ2v) is 7.18. The minimum absolute atomic E-state index is 0.0465. The summed E-state index contributed by atoms with van der Waals surface area (Å²) >= 11 is 6.24. The molecule has 0 saturated carbocycles. The van der Waals surface area contributed by atoms with E-state index < -0.39 is 5.41 Å². The smallest absolute Gasteiger partial charge is 0.146 e. The molecule has 0 bridgehead atoms. The lowest BCUT2D eigenvalue weighted by atomic mass is 9.64. The molecule has 2 aliphatic rings. The molecule has 4 heteroatoms. The lowest BCUT2D eigenvalue weighted by Crippen LogP contribution is -2.51. The van der Waals surface area contributed by atoms with Crippen LogP contribution in [0.3, 0.4) is 0 Å². The van der Waals surface area contributed by atoms with E-state index in [2.05, 4.69) is 19.2 Å². The largest absolute Gasteiger partial charge is 0.381 e. The maximum Gasteiger partial charge on any atom is 0.146 e. The van der Waals surface area contributed by atoms with Gasteiger partial charge in [-0.05, 0) is 56.1 Å². The van der Waals surface area contributed by atoms with E-state index in [0.717, 1.165) is 50.3 Å². The first kappa shape index (κ1) is 16.0. The normalized spacial score (nSPS) is 22.9. The average molecular weight is 322 g/mol. The van der Waals surface area contributed by atoms with Crippen molar-refractivity contribution >= 4 is 17.4 Å². The number of ketones is 1. The summed E-state index contributed by atoms with van der Waals surface area (Å²) in [5, 5.41) is 4.10. The summed E-state index contributed by atoms with van der Waals surface area (Å²) in [5.41, 5.74) is 1.89. The fraction of sp³-hybridized carbons (Fsp3) is 0.611. The summed E-state index contributed by atoms with van der Waals surface area (Å²) < 4.78 is 5.29. The van der Waals surface area contributed by atoms with Crippen molar-refractivity contribution in [1.29, 1.82) is 0 Å². The van der Waals surface area contributed by atoms with Crippen LogP contribution in [0.5, 0.6) is 0 Å². The average Bonchev–Trinajstić information content (AvgIpc) is 2.48. The van der Waals surface area contributed by atoms with E-state index in [9.17, 15) is 4.79 Å². The second-order valence-electron chi connectivity index (χ2n) is 6.74. The fourth-order valence-electron chi connectivity index (χ4n) is 3.80. The van der Waals surface area contributed by atoms with Crippen LogP contribution in [-0.2, 0) is 14.9 Å². The van der Waals surface area contributed by atoms with E-state index >= 15 is 0 Å². The third-order valence-electron chi connectivity index (χ3n) is 5.43. The summed E-state index contributed by atoms with van der Waals surface area (Å²) in [5.74, 6) is 0.789. The Bertz CT molecular complexity index is 562. The zero-order valence-electron chi connectivity index (χ0n) is 13.3. The maximum absolute atomic E-state index is 13.4. The van der Waals surface area contributed by atoms with E-state index in [1.807, 2.05) is 18.2 Å². The molecule has 0 amide bonds. The Morgan fingerprint density at radius 1 is 1.36 bits per heavy atom. The van der Waals surface area contributed by atoms with Gasteiger partial charge in [-0.2, -0.15) is 0 Å². The van der Waals surface area contributed by atoms with Crippen molar-refractivity contribution in [2.75, 3.05) is 26.3 Å². The highest BCUT2D eigenvalue weighted by atomic mass is 35.5. The summed E-state index contributed by atoms with van der Waals surface area (Å²) in [4.78, 5) is 13.4. The van der Waals surface area contributed by atoms with Gasteiger partial charge in [-0.1, -0.05) is 24.6 Å². The van der Waals surface area contributed by atoms with Crippen LogP contribution < -0.4 is 5.32 Å². The molecule has 2 saturated heterocycles. The van der Waals surface area contributed by atoms with Crippen LogP contribution in [0, 0.1) is 18.8 Å². The Morgan fingerprint density at radius 3 is 2.64 bits per heavy atom. The Hall–Kier alpha value is -0.900. The predicted molar refractivity (Wildman–Crippen MR) is 88.5 cm³/mol. The summed E-state index contributed by atoms with van der Waals surface area (Å²) in [6, 6.07) is 5.94. The molecule has 2 aliphatic heterocycles. The van der Waals surface area contributed by atoms with Crippen molar-refractivity contribution in [2.24, 2.45) is 11.8 Å². The van der Waals surface area contributed by atoms with E-state index in [1.54, 1.807) is 0 Å². The quantitative estimate of drug-likeness (QED) is 0.926. The van der Waals surface area contributed by atoms with Gasteiger partial charge in [0.2, 0.25) is 0 Å². The molecule has 3 rings (SSSR count). The van der Waals surface area contributed by atoms with Crippen LogP contribution in [-0.4, -0.2) is 32.1 Å². The van der Waals surface area contributed by atoms with Crippen LogP contribution in [0.25, 0.3) is 0 Å². The third kappa shape index (κ3) is 2.70. The number of ether oxygens (including phenoxy) is 1. The van der Waals surface area contributed by atoms with Gasteiger partial charge in [-0.25, -0.2) is 0 Å². The van der Waals surface area contributed by atoms with Crippen LogP contribution in [0.4, 0.5) is 0 Å². The zero-order valence-corrected chi connectivity index (χ0v) is 14.1. The van der Waals surface area contributed by atoms with Gasteiger partial charge in [0, 0.05) is 16.9 Å². The number of hydrogen-bond acceptors (Lipinski definition) is 3. The van der Waals surface area contributed by atoms with Crippen molar-refractivity contribution in [1.82, 2.24) is 5.32 Å².